The Balaban J connectivity index is 1.83. The van der Waals surface area contributed by atoms with Crippen LogP contribution in [0.1, 0.15) is 44.3 Å². The lowest BCUT2D eigenvalue weighted by molar-refractivity contribution is 0.222. The number of hydrogen-bond acceptors (Lipinski definition) is 5. The highest BCUT2D eigenvalue weighted by Gasteiger charge is 2.29. The smallest absolute Gasteiger partial charge is 0.226 e. The van der Waals surface area contributed by atoms with Gasteiger partial charge in [0, 0.05) is 19.1 Å². The molecule has 2 rings (SSSR count). The van der Waals surface area contributed by atoms with E-state index in [1.54, 1.807) is 0 Å². The minimum atomic E-state index is 0.278. The summed E-state index contributed by atoms with van der Waals surface area (Å²) < 4.78 is 5.11. The molecule has 0 saturated heterocycles. The van der Waals surface area contributed by atoms with E-state index in [9.17, 15) is 0 Å². The molecule has 1 aliphatic rings. The molecule has 1 aromatic heterocycles. The van der Waals surface area contributed by atoms with Crippen molar-refractivity contribution >= 4 is 0 Å². The molecule has 1 aromatic rings. The van der Waals surface area contributed by atoms with Gasteiger partial charge in [-0.3, -0.25) is 4.90 Å². The van der Waals surface area contributed by atoms with Crippen molar-refractivity contribution in [3.05, 3.63) is 11.7 Å². The van der Waals surface area contributed by atoms with Crippen LogP contribution in [0.5, 0.6) is 0 Å². The van der Waals surface area contributed by atoms with Crippen LogP contribution in [-0.2, 0) is 13.0 Å². The van der Waals surface area contributed by atoms with Crippen LogP contribution in [0.3, 0.4) is 0 Å². The fourth-order valence-corrected chi connectivity index (χ4v) is 1.94. The Bertz CT molecular complexity index is 336. The van der Waals surface area contributed by atoms with Crippen molar-refractivity contribution in [1.29, 1.82) is 0 Å². The van der Waals surface area contributed by atoms with Gasteiger partial charge >= 0.3 is 0 Å². The Morgan fingerprint density at radius 2 is 2.24 bits per heavy atom. The molecule has 0 spiro atoms. The summed E-state index contributed by atoms with van der Waals surface area (Å²) in [7, 11) is 0. The van der Waals surface area contributed by atoms with Crippen LogP contribution < -0.4 is 0 Å². The summed E-state index contributed by atoms with van der Waals surface area (Å²) in [6.45, 7) is 4.08. The lowest BCUT2D eigenvalue weighted by Crippen LogP contribution is -2.27. The van der Waals surface area contributed by atoms with E-state index in [4.69, 9.17) is 9.63 Å². The van der Waals surface area contributed by atoms with Crippen molar-refractivity contribution in [3.8, 4) is 0 Å². The molecule has 0 unspecified atom stereocenters. The van der Waals surface area contributed by atoms with Gasteiger partial charge in [0.05, 0.1) is 6.54 Å². The van der Waals surface area contributed by atoms with Gasteiger partial charge < -0.3 is 9.63 Å². The van der Waals surface area contributed by atoms with Crippen molar-refractivity contribution in [1.82, 2.24) is 15.0 Å². The van der Waals surface area contributed by atoms with Crippen LogP contribution in [0.2, 0.25) is 0 Å². The van der Waals surface area contributed by atoms with Gasteiger partial charge in [0.25, 0.3) is 0 Å². The summed E-state index contributed by atoms with van der Waals surface area (Å²) in [5.74, 6) is 1.50. The van der Waals surface area contributed by atoms with E-state index in [0.29, 0.717) is 11.9 Å². The van der Waals surface area contributed by atoms with Gasteiger partial charge in [-0.1, -0.05) is 12.1 Å². The third-order valence-corrected chi connectivity index (χ3v) is 3.07. The Morgan fingerprint density at radius 3 is 2.82 bits per heavy atom. The number of aliphatic hydroxyl groups excluding tert-OH is 1. The molecule has 1 N–H and O–H groups in total. The molecule has 0 atom stereocenters. The Morgan fingerprint density at radius 1 is 1.41 bits per heavy atom. The molecule has 17 heavy (non-hydrogen) atoms. The summed E-state index contributed by atoms with van der Waals surface area (Å²) in [5, 5.41) is 12.8. The molecular weight excluding hydrogens is 218 g/mol. The summed E-state index contributed by atoms with van der Waals surface area (Å²) in [5.41, 5.74) is 0. The molecule has 1 heterocycles. The second-order valence-corrected chi connectivity index (χ2v) is 4.59. The minimum Gasteiger partial charge on any atom is -0.396 e. The van der Waals surface area contributed by atoms with Gasteiger partial charge in [0.15, 0.2) is 5.82 Å². The average molecular weight is 239 g/mol. The van der Waals surface area contributed by atoms with Gasteiger partial charge in [-0.25, -0.2) is 0 Å². The van der Waals surface area contributed by atoms with Crippen molar-refractivity contribution < 1.29 is 9.63 Å². The lowest BCUT2D eigenvalue weighted by atomic mass is 10.3. The highest BCUT2D eigenvalue weighted by Crippen LogP contribution is 2.28. The summed E-state index contributed by atoms with van der Waals surface area (Å²) >= 11 is 0. The predicted octanol–water partition coefficient (Wildman–Crippen LogP) is 1.37. The van der Waals surface area contributed by atoms with E-state index < -0.39 is 0 Å². The first-order valence-electron chi connectivity index (χ1n) is 6.50. The number of aromatic nitrogens is 2. The molecule has 1 saturated carbocycles. The Hall–Kier alpha value is -0.940. The van der Waals surface area contributed by atoms with Gasteiger partial charge in [0.1, 0.15) is 0 Å². The topological polar surface area (TPSA) is 62.4 Å². The van der Waals surface area contributed by atoms with Crippen molar-refractivity contribution in [2.75, 3.05) is 13.2 Å². The van der Waals surface area contributed by atoms with Gasteiger partial charge in [-0.15, -0.1) is 0 Å². The maximum absolute atomic E-state index is 8.80. The maximum Gasteiger partial charge on any atom is 0.226 e. The van der Waals surface area contributed by atoms with Gasteiger partial charge in [-0.05, 0) is 32.2 Å². The zero-order chi connectivity index (χ0) is 12.1. The molecular formula is C12H21N3O2. The van der Waals surface area contributed by atoms with Crippen LogP contribution in [0.25, 0.3) is 0 Å². The van der Waals surface area contributed by atoms with Crippen LogP contribution in [0.15, 0.2) is 4.52 Å². The Labute approximate surface area is 102 Å². The molecule has 0 radical (unpaired) electrons. The van der Waals surface area contributed by atoms with Crippen molar-refractivity contribution in [3.63, 3.8) is 0 Å². The molecule has 5 nitrogen and oxygen atoms in total. The fraction of sp³-hybridized carbons (Fsp3) is 0.833. The summed E-state index contributed by atoms with van der Waals surface area (Å²) in [4.78, 5) is 6.74. The molecule has 0 amide bonds. The number of aliphatic hydroxyl groups is 1. The predicted molar refractivity (Wildman–Crippen MR) is 63.4 cm³/mol. The van der Waals surface area contributed by atoms with E-state index in [-0.39, 0.29) is 6.61 Å². The monoisotopic (exact) mass is 239 g/mol. The van der Waals surface area contributed by atoms with Gasteiger partial charge in [-0.2, -0.15) is 4.98 Å². The molecule has 0 aromatic carbocycles. The highest BCUT2D eigenvalue weighted by molar-refractivity contribution is 4.91. The first kappa shape index (κ1) is 12.5. The normalized spacial score (nSPS) is 15.7. The summed E-state index contributed by atoms with van der Waals surface area (Å²) in [6.07, 6.45) is 5.25. The van der Waals surface area contributed by atoms with E-state index in [1.807, 2.05) is 6.92 Å². The third kappa shape index (κ3) is 3.78. The molecule has 1 aliphatic carbocycles. The van der Waals surface area contributed by atoms with E-state index in [2.05, 4.69) is 15.0 Å². The van der Waals surface area contributed by atoms with Crippen LogP contribution in [-0.4, -0.2) is 39.3 Å². The van der Waals surface area contributed by atoms with Crippen molar-refractivity contribution in [2.24, 2.45) is 0 Å². The van der Waals surface area contributed by atoms with Crippen LogP contribution in [0.4, 0.5) is 0 Å². The molecule has 5 heteroatoms. The SMILES string of the molecule is CCc1nc(CN(CCCCO)C2CC2)no1. The number of unbranched alkanes of at least 4 members (excludes halogenated alkanes) is 1. The summed E-state index contributed by atoms with van der Waals surface area (Å²) in [6, 6.07) is 0.692. The number of nitrogens with zero attached hydrogens (tertiary/aromatic N) is 3. The number of hydrogen-bond donors (Lipinski definition) is 1. The zero-order valence-electron chi connectivity index (χ0n) is 10.4. The zero-order valence-corrected chi connectivity index (χ0v) is 10.4. The average Bonchev–Trinajstić information content (AvgIpc) is 3.09. The maximum atomic E-state index is 8.80. The quantitative estimate of drug-likeness (QED) is 0.694. The first-order valence-corrected chi connectivity index (χ1v) is 6.50. The molecule has 96 valence electrons. The molecule has 0 bridgehead atoms. The molecule has 1 fully saturated rings. The second-order valence-electron chi connectivity index (χ2n) is 4.59. The Kier molecular flexibility index (Phi) is 4.50. The van der Waals surface area contributed by atoms with E-state index >= 15 is 0 Å². The van der Waals surface area contributed by atoms with E-state index in [0.717, 1.165) is 38.2 Å². The number of rotatable bonds is 8. The standard InChI is InChI=1S/C12H21N3O2/c1-2-12-13-11(14-17-12)9-15(10-5-6-10)7-3-4-8-16/h10,16H,2-9H2,1H3. The van der Waals surface area contributed by atoms with E-state index in [1.165, 1.54) is 12.8 Å². The first-order chi connectivity index (χ1) is 8.33. The lowest BCUT2D eigenvalue weighted by Gasteiger charge is -2.19. The third-order valence-electron chi connectivity index (χ3n) is 3.07. The van der Waals surface area contributed by atoms with Crippen molar-refractivity contribution in [2.45, 2.75) is 51.6 Å². The fourth-order valence-electron chi connectivity index (χ4n) is 1.94. The molecule has 0 aliphatic heterocycles. The second kappa shape index (κ2) is 6.12. The highest BCUT2D eigenvalue weighted by atomic mass is 16.5. The van der Waals surface area contributed by atoms with Crippen LogP contribution in [0, 0.1) is 0 Å². The largest absolute Gasteiger partial charge is 0.396 e. The number of aryl methyl sites for hydroxylation is 1. The van der Waals surface area contributed by atoms with Gasteiger partial charge in [0.2, 0.25) is 5.89 Å². The van der Waals surface area contributed by atoms with Crippen LogP contribution >= 0.6 is 0 Å². The minimum absolute atomic E-state index is 0.278.